The number of ether oxygens (including phenoxy) is 3. The number of rotatable bonds is 4. The quantitative estimate of drug-likeness (QED) is 0.391. The van der Waals surface area contributed by atoms with Gasteiger partial charge >= 0.3 is 18.2 Å². The normalized spacial score (nSPS) is 13.4. The summed E-state index contributed by atoms with van der Waals surface area (Å²) in [4.78, 5) is 38.9. The molecule has 0 saturated carbocycles. The van der Waals surface area contributed by atoms with Gasteiger partial charge in [-0.1, -0.05) is 5.57 Å². The van der Waals surface area contributed by atoms with Gasteiger partial charge in [-0.15, -0.1) is 6.58 Å². The van der Waals surface area contributed by atoms with Crippen molar-refractivity contribution in [2.24, 2.45) is 0 Å². The summed E-state index contributed by atoms with van der Waals surface area (Å²) >= 11 is 0. The molecule has 0 aliphatic heterocycles. The first kappa shape index (κ1) is 24.9. The summed E-state index contributed by atoms with van der Waals surface area (Å²) in [6.45, 7) is 20.6. The van der Waals surface area contributed by atoms with Crippen molar-refractivity contribution in [3.8, 4) is 0 Å². The molecular formula is C20H35NO6. The van der Waals surface area contributed by atoms with Gasteiger partial charge < -0.3 is 14.2 Å². The molecule has 0 fully saturated rings. The number of nitrogens with zero attached hydrogens (tertiary/aromatic N) is 1. The number of amides is 2. The summed E-state index contributed by atoms with van der Waals surface area (Å²) < 4.78 is 16.1. The highest BCUT2D eigenvalue weighted by Gasteiger charge is 2.42. The second kappa shape index (κ2) is 8.76. The molecule has 0 radical (unpaired) electrons. The highest BCUT2D eigenvalue weighted by atomic mass is 16.6. The predicted molar refractivity (Wildman–Crippen MR) is 103 cm³/mol. The molecule has 0 bridgehead atoms. The molecule has 0 saturated heterocycles. The van der Waals surface area contributed by atoms with E-state index in [0.717, 1.165) is 0 Å². The van der Waals surface area contributed by atoms with Gasteiger partial charge in [0.05, 0.1) is 0 Å². The van der Waals surface area contributed by atoms with Crippen LogP contribution in [0.2, 0.25) is 0 Å². The van der Waals surface area contributed by atoms with Gasteiger partial charge in [0.1, 0.15) is 22.8 Å². The number of hydrogen-bond acceptors (Lipinski definition) is 6. The van der Waals surface area contributed by atoms with Gasteiger partial charge in [-0.2, -0.15) is 4.90 Å². The third kappa shape index (κ3) is 10.6. The van der Waals surface area contributed by atoms with E-state index in [1.54, 1.807) is 69.2 Å². The molecule has 1 atom stereocenters. The molecule has 0 heterocycles. The van der Waals surface area contributed by atoms with Crippen molar-refractivity contribution in [3.63, 3.8) is 0 Å². The number of carbonyl (C=O) groups excluding carboxylic acids is 3. The van der Waals surface area contributed by atoms with E-state index >= 15 is 0 Å². The van der Waals surface area contributed by atoms with Gasteiger partial charge in [-0.25, -0.2) is 14.4 Å². The van der Waals surface area contributed by atoms with Crippen LogP contribution < -0.4 is 0 Å². The molecular weight excluding hydrogens is 350 g/mol. The van der Waals surface area contributed by atoms with Gasteiger partial charge in [-0.3, -0.25) is 0 Å². The first-order valence-corrected chi connectivity index (χ1v) is 8.95. The maximum absolute atomic E-state index is 12.8. The van der Waals surface area contributed by atoms with Crippen LogP contribution in [-0.2, 0) is 19.0 Å². The Hall–Kier alpha value is -2.05. The van der Waals surface area contributed by atoms with E-state index in [1.807, 2.05) is 0 Å². The van der Waals surface area contributed by atoms with Gasteiger partial charge in [0.2, 0.25) is 0 Å². The zero-order valence-corrected chi connectivity index (χ0v) is 18.4. The fourth-order valence-electron chi connectivity index (χ4n) is 1.93. The van der Waals surface area contributed by atoms with Crippen LogP contribution >= 0.6 is 0 Å². The third-order valence-corrected chi connectivity index (χ3v) is 2.71. The Bertz CT molecular complexity index is 547. The number of hydrogen-bond donors (Lipinski definition) is 0. The van der Waals surface area contributed by atoms with Crippen LogP contribution in [-0.4, -0.2) is 45.9 Å². The number of imide groups is 1. The van der Waals surface area contributed by atoms with E-state index in [9.17, 15) is 14.4 Å². The zero-order chi connectivity index (χ0) is 21.8. The average Bonchev–Trinajstić information content (AvgIpc) is 2.30. The van der Waals surface area contributed by atoms with E-state index in [4.69, 9.17) is 14.2 Å². The van der Waals surface area contributed by atoms with Crippen molar-refractivity contribution in [1.82, 2.24) is 4.90 Å². The van der Waals surface area contributed by atoms with Crippen LogP contribution in [0.1, 0.15) is 75.7 Å². The Balaban J connectivity index is 6.02. The van der Waals surface area contributed by atoms with Crippen molar-refractivity contribution in [3.05, 3.63) is 12.2 Å². The standard InChI is InChI=1S/C20H35NO6/c1-13(2)12-14(15(22)25-18(3,4)5)21(16(23)26-19(6,7)8)17(24)27-20(9,10)11/h14H,1,12H2,2-11H3/t14-/m0/s1. The highest BCUT2D eigenvalue weighted by molar-refractivity contribution is 5.94. The van der Waals surface area contributed by atoms with Gasteiger partial charge in [0, 0.05) is 0 Å². The lowest BCUT2D eigenvalue weighted by atomic mass is 10.1. The van der Waals surface area contributed by atoms with Crippen LogP contribution in [0.15, 0.2) is 12.2 Å². The van der Waals surface area contributed by atoms with E-state index in [-0.39, 0.29) is 6.42 Å². The second-order valence-electron chi connectivity index (χ2n) is 9.54. The van der Waals surface area contributed by atoms with Crippen molar-refractivity contribution >= 4 is 18.2 Å². The van der Waals surface area contributed by atoms with Gasteiger partial charge in [0.25, 0.3) is 0 Å². The predicted octanol–water partition coefficient (Wildman–Crippen LogP) is 4.84. The van der Waals surface area contributed by atoms with Crippen molar-refractivity contribution in [1.29, 1.82) is 0 Å². The lowest BCUT2D eigenvalue weighted by molar-refractivity contribution is -0.161. The SMILES string of the molecule is C=C(C)C[C@@H](C(=O)OC(C)(C)C)N(C(=O)OC(C)(C)C)C(=O)OC(C)(C)C. The lowest BCUT2D eigenvalue weighted by Gasteiger charge is -2.33. The third-order valence-electron chi connectivity index (χ3n) is 2.71. The molecule has 156 valence electrons. The number of esters is 1. The molecule has 0 unspecified atom stereocenters. The largest absolute Gasteiger partial charge is 0.458 e. The van der Waals surface area contributed by atoms with Crippen molar-refractivity contribution in [2.45, 2.75) is 98.5 Å². The molecule has 0 aromatic carbocycles. The Morgan fingerprint density at radius 1 is 0.778 bits per heavy atom. The maximum atomic E-state index is 12.8. The maximum Gasteiger partial charge on any atom is 0.420 e. The van der Waals surface area contributed by atoms with E-state index < -0.39 is 41.0 Å². The van der Waals surface area contributed by atoms with E-state index in [1.165, 1.54) is 0 Å². The lowest BCUT2D eigenvalue weighted by Crippen LogP contribution is -2.53. The molecule has 0 rings (SSSR count). The Morgan fingerprint density at radius 2 is 1.11 bits per heavy atom. The second-order valence-corrected chi connectivity index (χ2v) is 9.54. The summed E-state index contributed by atoms with van der Waals surface area (Å²) in [7, 11) is 0. The Kier molecular flexibility index (Phi) is 8.09. The molecule has 0 spiro atoms. The van der Waals surface area contributed by atoms with E-state index in [2.05, 4.69) is 6.58 Å². The van der Waals surface area contributed by atoms with Crippen LogP contribution in [0.4, 0.5) is 9.59 Å². The number of carbonyl (C=O) groups is 3. The Morgan fingerprint density at radius 3 is 1.37 bits per heavy atom. The Labute approximate surface area is 163 Å². The summed E-state index contributed by atoms with van der Waals surface area (Å²) in [5.41, 5.74) is -1.92. The summed E-state index contributed by atoms with van der Waals surface area (Å²) in [6.07, 6.45) is -1.92. The zero-order valence-electron chi connectivity index (χ0n) is 18.4. The molecule has 7 nitrogen and oxygen atoms in total. The molecule has 0 aliphatic carbocycles. The van der Waals surface area contributed by atoms with Crippen LogP contribution in [0.3, 0.4) is 0 Å². The van der Waals surface area contributed by atoms with Crippen LogP contribution in [0.5, 0.6) is 0 Å². The monoisotopic (exact) mass is 385 g/mol. The molecule has 0 N–H and O–H groups in total. The molecule has 7 heteroatoms. The summed E-state index contributed by atoms with van der Waals surface area (Å²) in [5, 5.41) is 0. The summed E-state index contributed by atoms with van der Waals surface area (Å²) in [5.74, 6) is -0.734. The van der Waals surface area contributed by atoms with Crippen LogP contribution in [0, 0.1) is 0 Å². The highest BCUT2D eigenvalue weighted by Crippen LogP contribution is 2.22. The first-order chi connectivity index (χ1) is 11.8. The van der Waals surface area contributed by atoms with Gasteiger partial charge in [-0.05, 0) is 75.7 Å². The summed E-state index contributed by atoms with van der Waals surface area (Å²) in [6, 6.07) is -1.24. The van der Waals surface area contributed by atoms with Crippen molar-refractivity contribution in [2.75, 3.05) is 0 Å². The molecule has 2 amide bonds. The average molecular weight is 386 g/mol. The van der Waals surface area contributed by atoms with Gasteiger partial charge in [0.15, 0.2) is 0 Å². The minimum Gasteiger partial charge on any atom is -0.458 e. The topological polar surface area (TPSA) is 82.1 Å². The minimum atomic E-state index is -1.24. The van der Waals surface area contributed by atoms with E-state index in [0.29, 0.717) is 10.5 Å². The minimum absolute atomic E-state index is 0.0351. The smallest absolute Gasteiger partial charge is 0.420 e. The fourth-order valence-corrected chi connectivity index (χ4v) is 1.93. The molecule has 0 aromatic heterocycles. The van der Waals surface area contributed by atoms with Crippen LogP contribution in [0.25, 0.3) is 0 Å². The molecule has 27 heavy (non-hydrogen) atoms. The first-order valence-electron chi connectivity index (χ1n) is 8.95. The fraction of sp³-hybridized carbons (Fsp3) is 0.750. The van der Waals surface area contributed by atoms with Crippen molar-refractivity contribution < 1.29 is 28.6 Å². The molecule has 0 aliphatic rings. The molecule has 0 aromatic rings.